The molecule has 0 saturated heterocycles. The fourth-order valence-electron chi connectivity index (χ4n) is 1.47. The van der Waals surface area contributed by atoms with Crippen LogP contribution in [0.2, 0.25) is 0 Å². The highest BCUT2D eigenvalue weighted by Crippen LogP contribution is 2.08. The Hall–Kier alpha value is -2.37. The van der Waals surface area contributed by atoms with Gasteiger partial charge < -0.3 is 19.5 Å². The molecule has 0 amide bonds. The van der Waals surface area contributed by atoms with Crippen LogP contribution in [0.3, 0.4) is 0 Å². The average Bonchev–Trinajstić information content (AvgIpc) is 2.62. The van der Waals surface area contributed by atoms with E-state index in [4.69, 9.17) is 0 Å². The second-order valence-electron chi connectivity index (χ2n) is 3.50. The molecule has 0 saturated carbocycles. The van der Waals surface area contributed by atoms with Gasteiger partial charge in [-0.15, -0.1) is 0 Å². The molecule has 0 fully saturated rings. The van der Waals surface area contributed by atoms with Gasteiger partial charge in [0.25, 0.3) is 0 Å². The highest BCUT2D eigenvalue weighted by molar-refractivity contribution is 5.67. The van der Waals surface area contributed by atoms with E-state index in [9.17, 15) is 15.0 Å². The third-order valence-electron chi connectivity index (χ3n) is 2.26. The van der Waals surface area contributed by atoms with E-state index in [1.54, 1.807) is 0 Å². The minimum absolute atomic E-state index is 0.0196. The molecule has 0 aliphatic heterocycles. The molecule has 0 spiro atoms. The van der Waals surface area contributed by atoms with E-state index in [1.165, 1.54) is 4.68 Å². The third kappa shape index (κ3) is 2.60. The first kappa shape index (κ1) is 11.1. The Morgan fingerprint density at radius 2 is 2.06 bits per heavy atom. The zero-order valence-electron chi connectivity index (χ0n) is 8.83. The molecule has 0 aliphatic carbocycles. The predicted octanol–water partition coefficient (Wildman–Crippen LogP) is -1.62. The third-order valence-corrected chi connectivity index (χ3v) is 2.26. The van der Waals surface area contributed by atoms with Crippen LogP contribution in [0, 0.1) is 0 Å². The van der Waals surface area contributed by atoms with Crippen molar-refractivity contribution in [3.8, 4) is 5.95 Å². The van der Waals surface area contributed by atoms with Gasteiger partial charge in [0.2, 0.25) is 12.2 Å². The molecule has 0 N–H and O–H groups in total. The van der Waals surface area contributed by atoms with E-state index in [1.807, 2.05) is 30.3 Å². The number of carboxylic acid groups (broad SMARTS) is 1. The summed E-state index contributed by atoms with van der Waals surface area (Å²) in [7, 11) is 0. The van der Waals surface area contributed by atoms with Crippen LogP contribution in [0.25, 0.3) is 0 Å². The van der Waals surface area contributed by atoms with Crippen molar-refractivity contribution in [3.05, 3.63) is 41.6 Å². The summed E-state index contributed by atoms with van der Waals surface area (Å²) in [5, 5.41) is 25.2. The summed E-state index contributed by atoms with van der Waals surface area (Å²) in [6.07, 6.45) is -0.505. The molecule has 1 aromatic heterocycles. The zero-order chi connectivity index (χ0) is 12.3. The molecule has 6 nitrogen and oxygen atoms in total. The largest absolute Gasteiger partial charge is 0.550 e. The van der Waals surface area contributed by atoms with Gasteiger partial charge >= 0.3 is 0 Å². The predicted molar refractivity (Wildman–Crippen MR) is 50.4 cm³/mol. The van der Waals surface area contributed by atoms with Crippen LogP contribution in [0.1, 0.15) is 11.3 Å². The van der Waals surface area contributed by atoms with Crippen LogP contribution in [0.5, 0.6) is 5.95 Å². The molecule has 0 radical (unpaired) electrons. The van der Waals surface area contributed by atoms with Gasteiger partial charge in [-0.25, -0.2) is 0 Å². The maximum Gasteiger partial charge on any atom is 0.239 e. The normalized spacial score (nSPS) is 10.4. The number of benzene rings is 1. The molecule has 6 heteroatoms. The molecule has 0 bridgehead atoms. The molecule has 1 heterocycles. The van der Waals surface area contributed by atoms with Crippen molar-refractivity contribution in [2.45, 2.75) is 13.0 Å². The Morgan fingerprint density at radius 1 is 1.35 bits per heavy atom. The lowest BCUT2D eigenvalue weighted by atomic mass is 10.2. The molecule has 0 unspecified atom stereocenters. The number of nitrogens with zero attached hydrogens (tertiary/aromatic N) is 2. The van der Waals surface area contributed by atoms with E-state index in [2.05, 4.69) is 9.79 Å². The summed E-state index contributed by atoms with van der Waals surface area (Å²) in [4.78, 5) is 10.5. The van der Waals surface area contributed by atoms with Crippen LogP contribution in [0.4, 0.5) is 0 Å². The van der Waals surface area contributed by atoms with Gasteiger partial charge in [-0.1, -0.05) is 35.0 Å². The molecule has 1 aromatic carbocycles. The maximum absolute atomic E-state index is 11.2. The van der Waals surface area contributed by atoms with E-state index < -0.39 is 18.3 Å². The van der Waals surface area contributed by atoms with Gasteiger partial charge in [0, 0.05) is 5.56 Å². The summed E-state index contributed by atoms with van der Waals surface area (Å²) in [5.41, 5.74) is 0.874. The first-order valence-corrected chi connectivity index (χ1v) is 4.96. The van der Waals surface area contributed by atoms with Crippen LogP contribution >= 0.6 is 0 Å². The number of hydrogen-bond donors (Lipinski definition) is 0. The average molecular weight is 233 g/mol. The van der Waals surface area contributed by atoms with Crippen LogP contribution in [-0.4, -0.2) is 11.2 Å². The number of aromatic nitrogens is 2. The van der Waals surface area contributed by atoms with Gasteiger partial charge in [-0.3, -0.25) is 0 Å². The lowest BCUT2D eigenvalue weighted by Gasteiger charge is -1.99. The molecule has 88 valence electrons. The standard InChI is InChI=1S/C11H10N2O4/c14-10(15)6-9-11(16)17-12-13(9)7-8-4-2-1-3-5-8/h1-5H,6-7H2,(H-,12,14,15,16)/p-1. The van der Waals surface area contributed by atoms with E-state index in [-0.39, 0.29) is 12.2 Å². The van der Waals surface area contributed by atoms with Gasteiger partial charge in [0.05, 0.1) is 17.7 Å². The summed E-state index contributed by atoms with van der Waals surface area (Å²) in [6.45, 7) is 0.287. The number of aliphatic carboxylic acids is 1. The quantitative estimate of drug-likeness (QED) is 0.591. The Morgan fingerprint density at radius 3 is 2.71 bits per heavy atom. The minimum Gasteiger partial charge on any atom is -0.550 e. The first-order valence-electron chi connectivity index (χ1n) is 4.96. The maximum atomic E-state index is 11.2. The highest BCUT2D eigenvalue weighted by Gasteiger charge is 2.17. The topological polar surface area (TPSA) is 93.1 Å². The Balaban J connectivity index is 2.24. The number of hydrogen-bond acceptors (Lipinski definition) is 5. The molecule has 2 aromatic rings. The second-order valence-corrected chi connectivity index (χ2v) is 3.50. The van der Waals surface area contributed by atoms with Crippen molar-refractivity contribution in [1.82, 2.24) is 5.27 Å². The zero-order valence-corrected chi connectivity index (χ0v) is 8.83. The van der Waals surface area contributed by atoms with Gasteiger partial charge in [-0.05, 0) is 0 Å². The second kappa shape index (κ2) is 4.65. The first-order chi connectivity index (χ1) is 8.16. The number of carbonyl (C=O) groups excluding carboxylic acids is 1. The molecule has 2 rings (SSSR count). The summed E-state index contributed by atoms with van der Waals surface area (Å²) < 4.78 is 5.66. The molecular formula is C11H9N2O4-. The van der Waals surface area contributed by atoms with E-state index in [0.717, 1.165) is 5.56 Å². The van der Waals surface area contributed by atoms with Crippen molar-refractivity contribution in [1.29, 1.82) is 0 Å². The fraction of sp³-hybridized carbons (Fsp3) is 0.182. The SMILES string of the molecule is O=C([O-])Cc1c([O-])on[n+]1Cc1ccccc1. The lowest BCUT2D eigenvalue weighted by molar-refractivity contribution is -0.760. The van der Waals surface area contributed by atoms with Crippen molar-refractivity contribution >= 4 is 5.97 Å². The van der Waals surface area contributed by atoms with Crippen LogP contribution in [0.15, 0.2) is 34.9 Å². The summed E-state index contributed by atoms with van der Waals surface area (Å²) in [5.74, 6) is -2.09. The highest BCUT2D eigenvalue weighted by atomic mass is 16.6. The molecular weight excluding hydrogens is 224 g/mol. The van der Waals surface area contributed by atoms with Crippen LogP contribution < -0.4 is 14.9 Å². The van der Waals surface area contributed by atoms with Crippen molar-refractivity contribution in [2.24, 2.45) is 0 Å². The minimum atomic E-state index is -1.34. The Kier molecular flexibility index (Phi) is 3.04. The van der Waals surface area contributed by atoms with Crippen molar-refractivity contribution in [3.63, 3.8) is 0 Å². The Bertz CT molecular complexity index is 522. The number of carboxylic acids is 1. The summed E-state index contributed by atoms with van der Waals surface area (Å²) >= 11 is 0. The molecule has 0 aliphatic rings. The van der Waals surface area contributed by atoms with E-state index in [0.29, 0.717) is 0 Å². The van der Waals surface area contributed by atoms with Gasteiger partial charge in [0.15, 0.2) is 5.95 Å². The summed E-state index contributed by atoms with van der Waals surface area (Å²) in [6, 6.07) is 9.22. The van der Waals surface area contributed by atoms with Crippen molar-refractivity contribution in [2.75, 3.05) is 0 Å². The Labute approximate surface area is 96.7 Å². The van der Waals surface area contributed by atoms with Gasteiger partial charge in [-0.2, -0.15) is 0 Å². The fourth-order valence-corrected chi connectivity index (χ4v) is 1.47. The monoisotopic (exact) mass is 233 g/mol. The number of carbonyl (C=O) groups is 1. The van der Waals surface area contributed by atoms with Gasteiger partial charge in [0.1, 0.15) is 0 Å². The molecule has 0 atom stereocenters. The number of rotatable bonds is 4. The van der Waals surface area contributed by atoms with Crippen molar-refractivity contribution < 1.29 is 24.2 Å². The smallest absolute Gasteiger partial charge is 0.239 e. The van der Waals surface area contributed by atoms with E-state index >= 15 is 0 Å². The molecule has 17 heavy (non-hydrogen) atoms. The van der Waals surface area contributed by atoms with Crippen LogP contribution in [-0.2, 0) is 17.8 Å². The lowest BCUT2D eigenvalue weighted by Crippen LogP contribution is -2.42.